The Hall–Kier alpha value is -5.33. The lowest BCUT2D eigenvalue weighted by atomic mass is 9.65. The molecule has 6 heteroatoms. The number of carbonyl (C=O) groups is 1. The first-order valence-electron chi connectivity index (χ1n) is 19.2. The van der Waals surface area contributed by atoms with E-state index in [-0.39, 0.29) is 23.8 Å². The molecule has 2 aromatic carbocycles. The van der Waals surface area contributed by atoms with Gasteiger partial charge in [0.1, 0.15) is 0 Å². The number of benzene rings is 2. The highest BCUT2D eigenvalue weighted by molar-refractivity contribution is 5.77. The van der Waals surface area contributed by atoms with Crippen LogP contribution in [-0.4, -0.2) is 21.9 Å². The molecule has 6 rings (SSSR count). The fourth-order valence-corrected chi connectivity index (χ4v) is 8.72. The molecule has 9 atom stereocenters. The quantitative estimate of drug-likeness (QED) is 0.187. The molecule has 0 saturated heterocycles. The summed E-state index contributed by atoms with van der Waals surface area (Å²) >= 11 is 0. The molecule has 2 fully saturated rings. The molecule has 1 amide bonds. The van der Waals surface area contributed by atoms with Crippen molar-refractivity contribution in [2.75, 3.05) is 0 Å². The van der Waals surface area contributed by atoms with Crippen LogP contribution in [-0.2, 0) is 4.79 Å². The molecule has 0 spiro atoms. The second kappa shape index (κ2) is 17.0. The lowest BCUT2D eigenvalue weighted by molar-refractivity contribution is -0.124. The van der Waals surface area contributed by atoms with Crippen molar-refractivity contribution in [3.8, 4) is 34.4 Å². The van der Waals surface area contributed by atoms with Crippen LogP contribution in [0, 0.1) is 70.0 Å². The summed E-state index contributed by atoms with van der Waals surface area (Å²) in [5.74, 6) is 3.33. The van der Waals surface area contributed by atoms with Crippen molar-refractivity contribution >= 4 is 18.1 Å². The molecule has 6 nitrogen and oxygen atoms in total. The van der Waals surface area contributed by atoms with Gasteiger partial charge in [0.25, 0.3) is 0 Å². The molecule has 2 aromatic heterocycles. The monoisotopic (exact) mass is 701 g/mol. The molecule has 270 valence electrons. The molecule has 0 radical (unpaired) electrons. The average molecular weight is 702 g/mol. The van der Waals surface area contributed by atoms with Gasteiger partial charge < -0.3 is 5.32 Å². The number of nitrogens with zero attached hydrogens (tertiary/aromatic N) is 4. The number of rotatable bonds is 9. The number of carbonyl (C=O) groups excluding carboxylic acids is 1. The summed E-state index contributed by atoms with van der Waals surface area (Å²) < 4.78 is 0. The van der Waals surface area contributed by atoms with Crippen molar-refractivity contribution in [2.24, 2.45) is 47.3 Å². The maximum absolute atomic E-state index is 13.8. The van der Waals surface area contributed by atoms with Crippen LogP contribution in [0.15, 0.2) is 97.3 Å². The first-order valence-corrected chi connectivity index (χ1v) is 19.2. The van der Waals surface area contributed by atoms with Crippen LogP contribution in [0.1, 0.15) is 82.8 Å². The third-order valence-electron chi connectivity index (χ3n) is 12.5. The summed E-state index contributed by atoms with van der Waals surface area (Å²) in [4.78, 5) is 23.2. The number of allylic oxidation sites excluding steroid dienone is 2. The molecule has 1 N–H and O–H groups in total. The van der Waals surface area contributed by atoms with Crippen LogP contribution in [0.25, 0.3) is 34.4 Å². The molecule has 0 aliphatic heterocycles. The second-order valence-corrected chi connectivity index (χ2v) is 15.6. The Labute approximate surface area is 315 Å². The van der Waals surface area contributed by atoms with Crippen molar-refractivity contribution in [3.63, 3.8) is 0 Å². The maximum atomic E-state index is 13.8. The molecule has 2 aliphatic carbocycles. The Morgan fingerprint density at radius 3 is 1.75 bits per heavy atom. The fraction of sp³-hybridized carbons (Fsp3) is 0.383. The number of hydrogen-bond acceptors (Lipinski definition) is 5. The topological polar surface area (TPSA) is 102 Å². The van der Waals surface area contributed by atoms with Crippen LogP contribution in [0.2, 0.25) is 0 Å². The van der Waals surface area contributed by atoms with E-state index in [4.69, 9.17) is 9.97 Å². The van der Waals surface area contributed by atoms with Gasteiger partial charge in [0, 0.05) is 47.1 Å². The molecule has 53 heavy (non-hydrogen) atoms. The largest absolute Gasteiger partial charge is 0.353 e. The normalized spacial score (nSPS) is 27.3. The number of aromatic nitrogens is 2. The highest BCUT2D eigenvalue weighted by Gasteiger charge is 2.39. The molecule has 2 heterocycles. The van der Waals surface area contributed by atoms with E-state index in [0.29, 0.717) is 53.1 Å². The SMILES string of the molecule is CC1C(NC(=O)C[C@H]2CC[C@H](C)[C@@H](C)[C@@H]2/C=C/c2ccc(-c3ccccc3C#N)cn2)C[C@H](C)[C@@H](C)[C@@H]1/C=C/c1ccc(-c2ccccc2C#N)cn1. The number of nitriles is 2. The predicted molar refractivity (Wildman–Crippen MR) is 214 cm³/mol. The minimum Gasteiger partial charge on any atom is -0.353 e. The first-order chi connectivity index (χ1) is 25.7. The van der Waals surface area contributed by atoms with Crippen LogP contribution < -0.4 is 5.32 Å². The summed E-state index contributed by atoms with van der Waals surface area (Å²) in [5, 5.41) is 22.5. The number of amides is 1. The van der Waals surface area contributed by atoms with Gasteiger partial charge in [-0.3, -0.25) is 14.8 Å². The zero-order chi connectivity index (χ0) is 37.5. The predicted octanol–water partition coefficient (Wildman–Crippen LogP) is 10.4. The van der Waals surface area contributed by atoms with Crippen molar-refractivity contribution in [3.05, 3.63) is 120 Å². The van der Waals surface area contributed by atoms with Crippen molar-refractivity contribution < 1.29 is 4.79 Å². The third-order valence-corrected chi connectivity index (χ3v) is 12.5. The Bertz CT molecular complexity index is 2020. The smallest absolute Gasteiger partial charge is 0.220 e. The van der Waals surface area contributed by atoms with Crippen LogP contribution in [0.3, 0.4) is 0 Å². The highest BCUT2D eigenvalue weighted by atomic mass is 16.1. The Balaban J connectivity index is 1.10. The summed E-state index contributed by atoms with van der Waals surface area (Å²) in [6, 6.07) is 27.9. The molecule has 0 bridgehead atoms. The molecule has 2 unspecified atom stereocenters. The third kappa shape index (κ3) is 8.66. The van der Waals surface area contributed by atoms with Gasteiger partial charge in [-0.15, -0.1) is 0 Å². The molecule has 2 saturated carbocycles. The summed E-state index contributed by atoms with van der Waals surface area (Å²) in [5.41, 5.74) is 6.69. The van der Waals surface area contributed by atoms with E-state index < -0.39 is 0 Å². The second-order valence-electron chi connectivity index (χ2n) is 15.6. The van der Waals surface area contributed by atoms with E-state index in [0.717, 1.165) is 52.9 Å². The Morgan fingerprint density at radius 2 is 1.23 bits per heavy atom. The summed E-state index contributed by atoms with van der Waals surface area (Å²) in [7, 11) is 0. The number of hydrogen-bond donors (Lipinski definition) is 1. The van der Waals surface area contributed by atoms with Crippen molar-refractivity contribution in [2.45, 2.75) is 66.3 Å². The van der Waals surface area contributed by atoms with Gasteiger partial charge in [0.15, 0.2) is 0 Å². The highest BCUT2D eigenvalue weighted by Crippen LogP contribution is 2.43. The van der Waals surface area contributed by atoms with Gasteiger partial charge >= 0.3 is 0 Å². The van der Waals surface area contributed by atoms with Crippen LogP contribution >= 0.6 is 0 Å². The first kappa shape index (κ1) is 37.4. The molecular weight excluding hydrogens is 651 g/mol. The zero-order valence-electron chi connectivity index (χ0n) is 31.6. The van der Waals surface area contributed by atoms with Crippen LogP contribution in [0.4, 0.5) is 0 Å². The van der Waals surface area contributed by atoms with E-state index in [1.165, 1.54) is 0 Å². The zero-order valence-corrected chi connectivity index (χ0v) is 31.6. The van der Waals surface area contributed by atoms with Gasteiger partial charge in [0.05, 0.1) is 34.7 Å². The number of pyridine rings is 2. The Morgan fingerprint density at radius 1 is 0.698 bits per heavy atom. The minimum atomic E-state index is 0.115. The van der Waals surface area contributed by atoms with Gasteiger partial charge in [0.2, 0.25) is 5.91 Å². The van der Waals surface area contributed by atoms with Crippen molar-refractivity contribution in [1.82, 2.24) is 15.3 Å². The maximum Gasteiger partial charge on any atom is 0.220 e. The van der Waals surface area contributed by atoms with E-state index in [1.54, 1.807) is 0 Å². The fourth-order valence-electron chi connectivity index (χ4n) is 8.72. The van der Waals surface area contributed by atoms with Gasteiger partial charge in [-0.25, -0.2) is 0 Å². The van der Waals surface area contributed by atoms with E-state index >= 15 is 0 Å². The molecule has 4 aromatic rings. The van der Waals surface area contributed by atoms with Gasteiger partial charge in [-0.2, -0.15) is 10.5 Å². The van der Waals surface area contributed by atoms with E-state index in [1.807, 2.05) is 85.2 Å². The Kier molecular flexibility index (Phi) is 12.0. The summed E-state index contributed by atoms with van der Waals surface area (Å²) in [6.07, 6.45) is 16.2. The van der Waals surface area contributed by atoms with Gasteiger partial charge in [-0.05, 0) is 96.6 Å². The average Bonchev–Trinajstić information content (AvgIpc) is 3.18. The minimum absolute atomic E-state index is 0.115. The number of nitrogens with one attached hydrogen (secondary N) is 1. The van der Waals surface area contributed by atoms with E-state index in [9.17, 15) is 15.3 Å². The molecule has 2 aliphatic rings. The van der Waals surface area contributed by atoms with Crippen LogP contribution in [0.5, 0.6) is 0 Å². The molecular formula is C47H51N5O. The van der Waals surface area contributed by atoms with Crippen molar-refractivity contribution in [1.29, 1.82) is 10.5 Å². The summed E-state index contributed by atoms with van der Waals surface area (Å²) in [6.45, 7) is 11.6. The lowest BCUT2D eigenvalue weighted by Gasteiger charge is -2.44. The lowest BCUT2D eigenvalue weighted by Crippen LogP contribution is -2.49. The van der Waals surface area contributed by atoms with E-state index in [2.05, 4.69) is 76.4 Å². The standard InChI is InChI=1S/C47H51N5O/c1-30-14-15-35(43(32(30)3)23-21-41-19-17-39(29-51-41)45-13-9-7-11-37(45)27-49)25-47(53)52-46-24-31(2)33(4)42(34(46)5)22-20-40-18-16-38(28-50-40)44-12-8-6-10-36(44)26-48/h6-13,16-23,28-35,42-43,46H,14-15,24-25H2,1-5H3,(H,52,53)/b22-20+,23-21+/t30-,31-,32+,33+,34?,35+,42-,43-,46?/m0/s1. The van der Waals surface area contributed by atoms with Gasteiger partial charge in [-0.1, -0.05) is 102 Å².